The molecular weight excluding hydrogens is 545 g/mol. The van der Waals surface area contributed by atoms with Gasteiger partial charge < -0.3 is 9.47 Å². The molecular formula is C28H29ClINO2. The molecule has 5 rings (SSSR count). The summed E-state index contributed by atoms with van der Waals surface area (Å²) in [5.41, 5.74) is 5.81. The Kier molecular flexibility index (Phi) is 7.65. The van der Waals surface area contributed by atoms with E-state index in [1.807, 2.05) is 30.3 Å². The number of hydrogen-bond donors (Lipinski definition) is 0. The van der Waals surface area contributed by atoms with Crippen molar-refractivity contribution in [2.75, 3.05) is 13.7 Å². The minimum Gasteiger partial charge on any atom is -0.493 e. The molecule has 3 aromatic carbocycles. The van der Waals surface area contributed by atoms with Crippen LogP contribution in [-0.2, 0) is 18.4 Å². The maximum atomic E-state index is 6.74. The van der Waals surface area contributed by atoms with Crippen LogP contribution >= 0.6 is 35.6 Å². The Bertz CT molecular complexity index is 1140. The Morgan fingerprint density at radius 3 is 2.39 bits per heavy atom. The molecule has 0 bridgehead atoms. The molecule has 1 heterocycles. The van der Waals surface area contributed by atoms with Gasteiger partial charge in [0.25, 0.3) is 0 Å². The van der Waals surface area contributed by atoms with Gasteiger partial charge in [-0.2, -0.15) is 0 Å². The number of nitrogens with zero attached hydrogens (tertiary/aromatic N) is 1. The van der Waals surface area contributed by atoms with Crippen LogP contribution < -0.4 is 9.47 Å². The van der Waals surface area contributed by atoms with Gasteiger partial charge in [0, 0.05) is 22.5 Å². The van der Waals surface area contributed by atoms with Crippen LogP contribution in [0.2, 0.25) is 5.02 Å². The topological polar surface area (TPSA) is 30.8 Å². The fourth-order valence-electron chi connectivity index (χ4n) is 5.28. The Balaban J connectivity index is 0.00000259. The van der Waals surface area contributed by atoms with Crippen molar-refractivity contribution in [1.29, 1.82) is 0 Å². The summed E-state index contributed by atoms with van der Waals surface area (Å²) >= 11 is 6.74. The zero-order chi connectivity index (χ0) is 22.0. The van der Waals surface area contributed by atoms with E-state index in [0.29, 0.717) is 6.61 Å². The number of rotatable bonds is 6. The summed E-state index contributed by atoms with van der Waals surface area (Å²) in [5.74, 6) is 1.54. The van der Waals surface area contributed by atoms with E-state index in [0.717, 1.165) is 53.6 Å². The second kappa shape index (κ2) is 10.5. The van der Waals surface area contributed by atoms with E-state index in [9.17, 15) is 0 Å². The van der Waals surface area contributed by atoms with Crippen molar-refractivity contribution in [2.24, 2.45) is 4.99 Å². The molecule has 172 valence electrons. The standard InChI is InChI=1S/C28H28ClNO2.HI/c1-31-25-17-21-13-16-30-27(22(21)18-26(25)32-19-20-9-3-2-4-10-20)28(14-7-8-15-28)23-11-5-6-12-24(23)29;/h2-6,9-12,17-18H,7-8,13-16,19H2,1H3;1H. The summed E-state index contributed by atoms with van der Waals surface area (Å²) in [6.45, 7) is 1.29. The lowest BCUT2D eigenvalue weighted by atomic mass is 9.70. The molecule has 1 aliphatic heterocycles. The number of ether oxygens (including phenoxy) is 2. The molecule has 0 radical (unpaired) electrons. The molecule has 1 fully saturated rings. The number of hydrogen-bond acceptors (Lipinski definition) is 3. The van der Waals surface area contributed by atoms with Gasteiger partial charge in [-0.15, -0.1) is 24.0 Å². The van der Waals surface area contributed by atoms with Gasteiger partial charge in [0.2, 0.25) is 0 Å². The molecule has 0 saturated heterocycles. The first kappa shape index (κ1) is 24.1. The largest absolute Gasteiger partial charge is 0.493 e. The fourth-order valence-corrected chi connectivity index (χ4v) is 5.60. The zero-order valence-corrected chi connectivity index (χ0v) is 21.9. The molecule has 0 unspecified atom stereocenters. The predicted molar refractivity (Wildman–Crippen MR) is 146 cm³/mol. The minimum atomic E-state index is -0.140. The lowest BCUT2D eigenvalue weighted by molar-refractivity contribution is 0.284. The number of halogens is 2. The maximum Gasteiger partial charge on any atom is 0.162 e. The quantitative estimate of drug-likeness (QED) is 0.288. The third kappa shape index (κ3) is 4.65. The van der Waals surface area contributed by atoms with Crippen molar-refractivity contribution in [3.63, 3.8) is 0 Å². The van der Waals surface area contributed by atoms with E-state index in [4.69, 9.17) is 26.1 Å². The van der Waals surface area contributed by atoms with Gasteiger partial charge in [-0.1, -0.05) is 73.0 Å². The van der Waals surface area contributed by atoms with E-state index in [2.05, 4.69) is 36.4 Å². The summed E-state index contributed by atoms with van der Waals surface area (Å²) in [6, 6.07) is 22.8. The van der Waals surface area contributed by atoms with E-state index in [-0.39, 0.29) is 29.4 Å². The van der Waals surface area contributed by atoms with Gasteiger partial charge in [-0.25, -0.2) is 0 Å². The van der Waals surface area contributed by atoms with Crippen LogP contribution in [0.3, 0.4) is 0 Å². The number of methoxy groups -OCH3 is 1. The van der Waals surface area contributed by atoms with Gasteiger partial charge in [-0.05, 0) is 54.2 Å². The molecule has 2 aliphatic rings. The molecule has 3 nitrogen and oxygen atoms in total. The summed E-state index contributed by atoms with van der Waals surface area (Å²) in [5, 5.41) is 0.832. The molecule has 0 spiro atoms. The minimum absolute atomic E-state index is 0. The monoisotopic (exact) mass is 573 g/mol. The Morgan fingerprint density at radius 2 is 1.67 bits per heavy atom. The smallest absolute Gasteiger partial charge is 0.162 e. The molecule has 3 aromatic rings. The van der Waals surface area contributed by atoms with Gasteiger partial charge in [0.15, 0.2) is 11.5 Å². The number of aliphatic imine (C=N–C) groups is 1. The normalized spacial score (nSPS) is 16.4. The number of benzene rings is 3. The highest BCUT2D eigenvalue weighted by Crippen LogP contribution is 2.48. The van der Waals surface area contributed by atoms with E-state index in [1.165, 1.54) is 29.5 Å². The van der Waals surface area contributed by atoms with Gasteiger partial charge in [0.05, 0.1) is 12.8 Å². The summed E-state index contributed by atoms with van der Waals surface area (Å²) in [4.78, 5) is 5.12. The second-order valence-corrected chi connectivity index (χ2v) is 9.09. The van der Waals surface area contributed by atoms with Crippen LogP contribution in [0.1, 0.15) is 47.9 Å². The molecule has 0 N–H and O–H groups in total. The van der Waals surface area contributed by atoms with Crippen LogP contribution in [0.15, 0.2) is 71.7 Å². The molecule has 33 heavy (non-hydrogen) atoms. The third-order valence-corrected chi connectivity index (χ3v) is 7.16. The first-order valence-corrected chi connectivity index (χ1v) is 11.8. The van der Waals surface area contributed by atoms with Crippen LogP contribution in [0.25, 0.3) is 0 Å². The lowest BCUT2D eigenvalue weighted by Gasteiger charge is -2.35. The van der Waals surface area contributed by atoms with E-state index >= 15 is 0 Å². The predicted octanol–water partition coefficient (Wildman–Crippen LogP) is 7.40. The Morgan fingerprint density at radius 1 is 0.939 bits per heavy atom. The summed E-state index contributed by atoms with van der Waals surface area (Å²) in [7, 11) is 1.71. The second-order valence-electron chi connectivity index (χ2n) is 8.68. The molecule has 0 atom stereocenters. The zero-order valence-electron chi connectivity index (χ0n) is 18.9. The van der Waals surface area contributed by atoms with Crippen molar-refractivity contribution >= 4 is 41.3 Å². The van der Waals surface area contributed by atoms with Gasteiger partial charge in [0.1, 0.15) is 6.61 Å². The van der Waals surface area contributed by atoms with Crippen LogP contribution in [0, 0.1) is 0 Å². The van der Waals surface area contributed by atoms with Crippen molar-refractivity contribution < 1.29 is 9.47 Å². The third-order valence-electron chi connectivity index (χ3n) is 6.83. The average Bonchev–Trinajstić information content (AvgIpc) is 3.33. The van der Waals surface area contributed by atoms with Gasteiger partial charge in [-0.3, -0.25) is 4.99 Å². The fraction of sp³-hybridized carbons (Fsp3) is 0.321. The van der Waals surface area contributed by atoms with Crippen LogP contribution in [0.5, 0.6) is 11.5 Å². The summed E-state index contributed by atoms with van der Waals surface area (Å²) < 4.78 is 12.0. The maximum absolute atomic E-state index is 6.74. The summed E-state index contributed by atoms with van der Waals surface area (Å²) in [6.07, 6.45) is 5.43. The highest BCUT2D eigenvalue weighted by Gasteiger charge is 2.43. The average molecular weight is 574 g/mol. The molecule has 0 aromatic heterocycles. The Labute approximate surface area is 218 Å². The van der Waals surface area contributed by atoms with Crippen molar-refractivity contribution in [3.05, 3.63) is 94.0 Å². The molecule has 5 heteroatoms. The van der Waals surface area contributed by atoms with Crippen molar-refractivity contribution in [3.8, 4) is 11.5 Å². The number of fused-ring (bicyclic) bond motifs is 1. The van der Waals surface area contributed by atoms with Crippen molar-refractivity contribution in [2.45, 2.75) is 44.1 Å². The Hall–Kier alpha value is -2.05. The van der Waals surface area contributed by atoms with Crippen LogP contribution in [0.4, 0.5) is 0 Å². The van der Waals surface area contributed by atoms with Gasteiger partial charge >= 0.3 is 0 Å². The molecule has 0 amide bonds. The van der Waals surface area contributed by atoms with E-state index in [1.54, 1.807) is 7.11 Å². The first-order valence-electron chi connectivity index (χ1n) is 11.4. The first-order chi connectivity index (χ1) is 15.7. The van der Waals surface area contributed by atoms with Crippen molar-refractivity contribution in [1.82, 2.24) is 0 Å². The highest BCUT2D eigenvalue weighted by molar-refractivity contribution is 14.0. The molecule has 1 aliphatic carbocycles. The molecule has 1 saturated carbocycles. The lowest BCUT2D eigenvalue weighted by Crippen LogP contribution is -2.36. The highest BCUT2D eigenvalue weighted by atomic mass is 127. The van der Waals surface area contributed by atoms with E-state index < -0.39 is 0 Å². The van der Waals surface area contributed by atoms with Crippen LogP contribution in [-0.4, -0.2) is 19.4 Å². The SMILES string of the molecule is COc1cc2c(cc1OCc1ccccc1)C(C1(c3ccccc3Cl)CCCC1)=NCC2.I.